The molecular weight excluding hydrogens is 290 g/mol. The fourth-order valence-electron chi connectivity index (χ4n) is 3.22. The van der Waals surface area contributed by atoms with E-state index in [1.54, 1.807) is 7.11 Å². The number of ether oxygens (including phenoxy) is 1. The highest BCUT2D eigenvalue weighted by molar-refractivity contribution is 5.29. The van der Waals surface area contributed by atoms with Gasteiger partial charge in [0.2, 0.25) is 0 Å². The van der Waals surface area contributed by atoms with E-state index >= 15 is 0 Å². The molecule has 2 heterocycles. The summed E-state index contributed by atoms with van der Waals surface area (Å²) < 4.78 is 7.20. The van der Waals surface area contributed by atoms with Gasteiger partial charge in [0.05, 0.1) is 13.7 Å². The predicted molar refractivity (Wildman–Crippen MR) is 88.1 cm³/mol. The van der Waals surface area contributed by atoms with Crippen LogP contribution < -0.4 is 4.74 Å². The second-order valence-corrected chi connectivity index (χ2v) is 6.07. The molecule has 1 fully saturated rings. The number of aryl methyl sites for hydroxylation is 1. The fourth-order valence-corrected chi connectivity index (χ4v) is 3.22. The van der Waals surface area contributed by atoms with Crippen molar-refractivity contribution in [2.75, 3.05) is 13.7 Å². The number of tetrazole rings is 1. The highest BCUT2D eigenvalue weighted by Gasteiger charge is 2.27. The number of hydrogen-bond donors (Lipinski definition) is 0. The molecular formula is C17H25N5O. The number of hydrogen-bond acceptors (Lipinski definition) is 5. The summed E-state index contributed by atoms with van der Waals surface area (Å²) in [6.45, 7) is 4.99. The van der Waals surface area contributed by atoms with Gasteiger partial charge in [-0.2, -0.15) is 0 Å². The molecule has 0 spiro atoms. The van der Waals surface area contributed by atoms with E-state index in [4.69, 9.17) is 4.74 Å². The van der Waals surface area contributed by atoms with Crippen LogP contribution in [-0.2, 0) is 13.1 Å². The van der Waals surface area contributed by atoms with E-state index in [1.807, 2.05) is 16.8 Å². The van der Waals surface area contributed by atoms with Crippen LogP contribution in [-0.4, -0.2) is 38.8 Å². The quantitative estimate of drug-likeness (QED) is 0.786. The first-order valence-electron chi connectivity index (χ1n) is 8.45. The van der Waals surface area contributed by atoms with Gasteiger partial charge in [-0.25, -0.2) is 4.68 Å². The molecule has 6 heteroatoms. The van der Waals surface area contributed by atoms with Crippen molar-refractivity contribution >= 4 is 0 Å². The Hall–Kier alpha value is -1.95. The molecule has 0 saturated carbocycles. The third kappa shape index (κ3) is 3.69. The van der Waals surface area contributed by atoms with Crippen LogP contribution in [0.2, 0.25) is 0 Å². The number of unbranched alkanes of at least 4 members (excludes halogenated alkanes) is 1. The molecule has 23 heavy (non-hydrogen) atoms. The standard InChI is InChI=1S/C17H25N5O/c1-3-4-12-22-17(18-19-20-22)13-21-11-5-6-16(21)14-7-9-15(23-2)10-8-14/h7-10,16H,3-6,11-13H2,1-2H3/t16-/m0/s1. The maximum atomic E-state index is 5.25. The van der Waals surface area contributed by atoms with E-state index in [0.29, 0.717) is 6.04 Å². The van der Waals surface area contributed by atoms with Gasteiger partial charge in [-0.1, -0.05) is 25.5 Å². The van der Waals surface area contributed by atoms with Gasteiger partial charge in [0.15, 0.2) is 5.82 Å². The van der Waals surface area contributed by atoms with Crippen LogP contribution in [0.4, 0.5) is 0 Å². The zero-order valence-electron chi connectivity index (χ0n) is 14.0. The third-order valence-corrected chi connectivity index (χ3v) is 4.54. The summed E-state index contributed by atoms with van der Waals surface area (Å²) in [4.78, 5) is 2.48. The Morgan fingerprint density at radius 2 is 2.09 bits per heavy atom. The molecule has 0 unspecified atom stereocenters. The van der Waals surface area contributed by atoms with E-state index < -0.39 is 0 Å². The molecule has 1 aliphatic rings. The Morgan fingerprint density at radius 1 is 1.26 bits per heavy atom. The first kappa shape index (κ1) is 15.9. The van der Waals surface area contributed by atoms with Gasteiger partial charge in [0.1, 0.15) is 5.75 Å². The van der Waals surface area contributed by atoms with Crippen molar-refractivity contribution in [2.45, 2.75) is 51.7 Å². The second-order valence-electron chi connectivity index (χ2n) is 6.07. The molecule has 1 atom stereocenters. The second kappa shape index (κ2) is 7.55. The van der Waals surface area contributed by atoms with Crippen molar-refractivity contribution in [1.29, 1.82) is 0 Å². The van der Waals surface area contributed by atoms with Crippen LogP contribution in [0.5, 0.6) is 5.75 Å². The average Bonchev–Trinajstić information content (AvgIpc) is 3.23. The van der Waals surface area contributed by atoms with E-state index in [-0.39, 0.29) is 0 Å². The molecule has 1 aromatic heterocycles. The van der Waals surface area contributed by atoms with Gasteiger partial charge in [0.25, 0.3) is 0 Å². The maximum absolute atomic E-state index is 5.25. The van der Waals surface area contributed by atoms with Crippen molar-refractivity contribution in [3.63, 3.8) is 0 Å². The fraction of sp³-hybridized carbons (Fsp3) is 0.588. The number of likely N-dealkylation sites (tertiary alicyclic amines) is 1. The van der Waals surface area contributed by atoms with Crippen LogP contribution in [0, 0.1) is 0 Å². The zero-order chi connectivity index (χ0) is 16.1. The van der Waals surface area contributed by atoms with Crippen molar-refractivity contribution in [1.82, 2.24) is 25.1 Å². The Kier molecular flexibility index (Phi) is 5.23. The van der Waals surface area contributed by atoms with Crippen molar-refractivity contribution < 1.29 is 4.74 Å². The summed E-state index contributed by atoms with van der Waals surface area (Å²) in [5, 5.41) is 12.2. The lowest BCUT2D eigenvalue weighted by atomic mass is 10.0. The molecule has 0 N–H and O–H groups in total. The van der Waals surface area contributed by atoms with Crippen LogP contribution in [0.15, 0.2) is 24.3 Å². The molecule has 1 aromatic carbocycles. The monoisotopic (exact) mass is 315 g/mol. The number of nitrogens with zero attached hydrogens (tertiary/aromatic N) is 5. The van der Waals surface area contributed by atoms with Crippen LogP contribution in [0.1, 0.15) is 50.0 Å². The van der Waals surface area contributed by atoms with E-state index in [2.05, 4.69) is 39.5 Å². The number of benzene rings is 1. The highest BCUT2D eigenvalue weighted by Crippen LogP contribution is 2.33. The number of aromatic nitrogens is 4. The Balaban J connectivity index is 1.70. The van der Waals surface area contributed by atoms with Crippen LogP contribution in [0.25, 0.3) is 0 Å². The summed E-state index contributed by atoms with van der Waals surface area (Å²) in [6.07, 6.45) is 4.66. The molecule has 2 aromatic rings. The number of rotatable bonds is 7. The summed E-state index contributed by atoms with van der Waals surface area (Å²) in [6, 6.07) is 8.86. The minimum Gasteiger partial charge on any atom is -0.497 e. The Bertz CT molecular complexity index is 610. The van der Waals surface area contributed by atoms with Crippen LogP contribution >= 0.6 is 0 Å². The number of methoxy groups -OCH3 is 1. The van der Waals surface area contributed by atoms with Gasteiger partial charge in [0, 0.05) is 12.6 Å². The van der Waals surface area contributed by atoms with E-state index in [9.17, 15) is 0 Å². The summed E-state index contributed by atoms with van der Waals surface area (Å²) in [5.41, 5.74) is 1.34. The summed E-state index contributed by atoms with van der Waals surface area (Å²) in [7, 11) is 1.70. The lowest BCUT2D eigenvalue weighted by molar-refractivity contribution is 0.236. The molecule has 6 nitrogen and oxygen atoms in total. The molecule has 0 aliphatic carbocycles. The normalized spacial score (nSPS) is 18.4. The molecule has 1 aliphatic heterocycles. The molecule has 0 radical (unpaired) electrons. The van der Waals surface area contributed by atoms with Crippen molar-refractivity contribution in [3.8, 4) is 5.75 Å². The Morgan fingerprint density at radius 3 is 2.83 bits per heavy atom. The predicted octanol–water partition coefficient (Wildman–Crippen LogP) is 2.82. The molecule has 3 rings (SSSR count). The lowest BCUT2D eigenvalue weighted by Gasteiger charge is -2.24. The van der Waals surface area contributed by atoms with Crippen LogP contribution in [0.3, 0.4) is 0 Å². The van der Waals surface area contributed by atoms with E-state index in [1.165, 1.54) is 18.4 Å². The van der Waals surface area contributed by atoms with Crippen molar-refractivity contribution in [3.05, 3.63) is 35.7 Å². The molecule has 1 saturated heterocycles. The summed E-state index contributed by atoms with van der Waals surface area (Å²) in [5.74, 6) is 1.88. The third-order valence-electron chi connectivity index (χ3n) is 4.54. The first-order valence-corrected chi connectivity index (χ1v) is 8.45. The maximum Gasteiger partial charge on any atom is 0.165 e. The lowest BCUT2D eigenvalue weighted by Crippen LogP contribution is -2.25. The first-order chi connectivity index (χ1) is 11.3. The molecule has 0 amide bonds. The summed E-state index contributed by atoms with van der Waals surface area (Å²) >= 11 is 0. The largest absolute Gasteiger partial charge is 0.497 e. The Labute approximate surface area is 137 Å². The van der Waals surface area contributed by atoms with Gasteiger partial charge < -0.3 is 4.74 Å². The van der Waals surface area contributed by atoms with E-state index in [0.717, 1.165) is 44.0 Å². The molecule has 0 bridgehead atoms. The SMILES string of the molecule is CCCCn1nnnc1CN1CCC[C@H]1c1ccc(OC)cc1. The van der Waals surface area contributed by atoms with Gasteiger partial charge in [-0.3, -0.25) is 4.90 Å². The molecule has 124 valence electrons. The van der Waals surface area contributed by atoms with Crippen molar-refractivity contribution in [2.24, 2.45) is 0 Å². The average molecular weight is 315 g/mol. The topological polar surface area (TPSA) is 56.1 Å². The van der Waals surface area contributed by atoms with Gasteiger partial charge in [-0.05, 0) is 53.9 Å². The minimum atomic E-state index is 0.442. The highest BCUT2D eigenvalue weighted by atomic mass is 16.5. The smallest absolute Gasteiger partial charge is 0.165 e. The van der Waals surface area contributed by atoms with Gasteiger partial charge >= 0.3 is 0 Å². The van der Waals surface area contributed by atoms with Gasteiger partial charge in [-0.15, -0.1) is 5.10 Å². The zero-order valence-corrected chi connectivity index (χ0v) is 14.0. The minimum absolute atomic E-state index is 0.442.